The highest BCUT2D eigenvalue weighted by Crippen LogP contribution is 2.21. The number of nitrogens with zero attached hydrogens (tertiary/aromatic N) is 1. The third-order valence-electron chi connectivity index (χ3n) is 3.69. The van der Waals surface area contributed by atoms with Gasteiger partial charge in [0.25, 0.3) is 5.91 Å². The van der Waals surface area contributed by atoms with Crippen LogP contribution in [0.25, 0.3) is 0 Å². The summed E-state index contributed by atoms with van der Waals surface area (Å²) in [6, 6.07) is 5.01. The van der Waals surface area contributed by atoms with Crippen molar-refractivity contribution in [3.8, 4) is 0 Å². The molecule has 0 bridgehead atoms. The second-order valence-electron chi connectivity index (χ2n) is 4.99. The maximum atomic E-state index is 12.3. The zero-order chi connectivity index (χ0) is 13.0. The summed E-state index contributed by atoms with van der Waals surface area (Å²) in [7, 11) is 1.84. The zero-order valence-electron chi connectivity index (χ0n) is 10.8. The van der Waals surface area contributed by atoms with Crippen LogP contribution in [0, 0.1) is 0 Å². The predicted octanol–water partition coefficient (Wildman–Crippen LogP) is 2.17. The minimum atomic E-state index is -0.227. The van der Waals surface area contributed by atoms with Crippen molar-refractivity contribution in [2.75, 3.05) is 7.05 Å². The molecule has 1 heterocycles. The van der Waals surface area contributed by atoms with Crippen LogP contribution >= 0.6 is 0 Å². The fourth-order valence-corrected chi connectivity index (χ4v) is 2.57. The summed E-state index contributed by atoms with van der Waals surface area (Å²) in [6.07, 6.45) is 7.04. The first-order valence-corrected chi connectivity index (χ1v) is 6.65. The maximum absolute atomic E-state index is 12.3. The van der Waals surface area contributed by atoms with Crippen molar-refractivity contribution in [2.24, 2.45) is 0 Å². The van der Waals surface area contributed by atoms with E-state index in [0.29, 0.717) is 11.7 Å². The van der Waals surface area contributed by atoms with Crippen molar-refractivity contribution in [1.29, 1.82) is 0 Å². The highest BCUT2D eigenvalue weighted by Gasteiger charge is 2.22. The number of H-pyrrole nitrogens is 1. The molecule has 1 aromatic rings. The number of aromatic amines is 1. The van der Waals surface area contributed by atoms with Gasteiger partial charge in [0.1, 0.15) is 5.69 Å². The molecule has 18 heavy (non-hydrogen) atoms. The molecular formula is C14H20N2O2. The van der Waals surface area contributed by atoms with Crippen molar-refractivity contribution in [2.45, 2.75) is 44.6 Å². The summed E-state index contributed by atoms with van der Waals surface area (Å²) >= 11 is 0. The molecule has 0 spiro atoms. The van der Waals surface area contributed by atoms with Crippen LogP contribution in [-0.2, 0) is 0 Å². The first-order chi connectivity index (χ1) is 8.68. The van der Waals surface area contributed by atoms with Crippen LogP contribution < -0.4 is 5.56 Å². The number of hydrogen-bond donors (Lipinski definition) is 1. The quantitative estimate of drug-likeness (QED) is 0.815. The van der Waals surface area contributed by atoms with E-state index in [0.717, 1.165) is 12.8 Å². The second-order valence-corrected chi connectivity index (χ2v) is 4.99. The summed E-state index contributed by atoms with van der Waals surface area (Å²) in [4.78, 5) is 27.9. The van der Waals surface area contributed by atoms with Crippen LogP contribution in [0.15, 0.2) is 23.0 Å². The molecule has 0 unspecified atom stereocenters. The number of pyridine rings is 1. The predicted molar refractivity (Wildman–Crippen MR) is 70.6 cm³/mol. The van der Waals surface area contributed by atoms with Crippen LogP contribution in [-0.4, -0.2) is 28.9 Å². The molecule has 4 nitrogen and oxygen atoms in total. The minimum Gasteiger partial charge on any atom is -0.337 e. The largest absolute Gasteiger partial charge is 0.337 e. The Balaban J connectivity index is 2.10. The van der Waals surface area contributed by atoms with Gasteiger partial charge in [-0.25, -0.2) is 0 Å². The minimum absolute atomic E-state index is 0.0837. The maximum Gasteiger partial charge on any atom is 0.270 e. The molecule has 1 aromatic heterocycles. The highest BCUT2D eigenvalue weighted by atomic mass is 16.2. The molecule has 0 radical (unpaired) electrons. The van der Waals surface area contributed by atoms with Crippen LogP contribution in [0.1, 0.15) is 49.0 Å². The lowest BCUT2D eigenvalue weighted by atomic mass is 10.1. The average Bonchev–Trinajstić information content (AvgIpc) is 2.66. The lowest BCUT2D eigenvalue weighted by Gasteiger charge is -2.27. The first-order valence-electron chi connectivity index (χ1n) is 6.65. The molecule has 1 fully saturated rings. The molecule has 1 amide bonds. The normalized spacial score (nSPS) is 17.2. The summed E-state index contributed by atoms with van der Waals surface area (Å²) in [6.45, 7) is 0. The van der Waals surface area contributed by atoms with E-state index in [9.17, 15) is 9.59 Å². The zero-order valence-corrected chi connectivity index (χ0v) is 10.8. The summed E-state index contributed by atoms with van der Waals surface area (Å²) < 4.78 is 0. The summed E-state index contributed by atoms with van der Waals surface area (Å²) in [5.74, 6) is -0.0837. The molecular weight excluding hydrogens is 228 g/mol. The van der Waals surface area contributed by atoms with Gasteiger partial charge in [0.05, 0.1) is 0 Å². The fraction of sp³-hybridized carbons (Fsp3) is 0.571. The third kappa shape index (κ3) is 3.00. The monoisotopic (exact) mass is 248 g/mol. The van der Waals surface area contributed by atoms with E-state index >= 15 is 0 Å². The van der Waals surface area contributed by atoms with E-state index < -0.39 is 0 Å². The van der Waals surface area contributed by atoms with E-state index in [4.69, 9.17) is 0 Å². The molecule has 2 rings (SSSR count). The number of nitrogens with one attached hydrogen (secondary N) is 1. The van der Waals surface area contributed by atoms with Crippen LogP contribution in [0.2, 0.25) is 0 Å². The van der Waals surface area contributed by atoms with E-state index in [2.05, 4.69) is 4.98 Å². The fourth-order valence-electron chi connectivity index (χ4n) is 2.57. The van der Waals surface area contributed by atoms with Gasteiger partial charge in [-0.05, 0) is 18.9 Å². The second kappa shape index (κ2) is 5.85. The summed E-state index contributed by atoms with van der Waals surface area (Å²) in [5, 5.41) is 0. The molecule has 1 aliphatic carbocycles. The molecule has 1 saturated carbocycles. The van der Waals surface area contributed by atoms with Crippen molar-refractivity contribution in [3.05, 3.63) is 34.2 Å². The molecule has 0 aliphatic heterocycles. The van der Waals surface area contributed by atoms with Crippen LogP contribution in [0.3, 0.4) is 0 Å². The number of carbonyl (C=O) groups is 1. The number of hydrogen-bond acceptors (Lipinski definition) is 2. The average molecular weight is 248 g/mol. The Morgan fingerprint density at radius 2 is 1.89 bits per heavy atom. The van der Waals surface area contributed by atoms with Gasteiger partial charge in [-0.1, -0.05) is 31.7 Å². The Morgan fingerprint density at radius 1 is 1.22 bits per heavy atom. The van der Waals surface area contributed by atoms with Gasteiger partial charge < -0.3 is 9.88 Å². The molecule has 4 heteroatoms. The molecule has 1 N–H and O–H groups in total. The van der Waals surface area contributed by atoms with Crippen LogP contribution in [0.5, 0.6) is 0 Å². The van der Waals surface area contributed by atoms with Gasteiger partial charge in [0, 0.05) is 19.2 Å². The standard InChI is InChI=1S/C14H20N2O2/c1-16(11-7-4-2-3-5-8-11)14(18)12-9-6-10-13(17)15-12/h6,9-11H,2-5,7-8H2,1H3,(H,15,17). The lowest BCUT2D eigenvalue weighted by molar-refractivity contribution is 0.0711. The van der Waals surface area contributed by atoms with Gasteiger partial charge in [-0.3, -0.25) is 9.59 Å². The third-order valence-corrected chi connectivity index (χ3v) is 3.69. The van der Waals surface area contributed by atoms with Gasteiger partial charge >= 0.3 is 0 Å². The van der Waals surface area contributed by atoms with Crippen molar-refractivity contribution < 1.29 is 4.79 Å². The molecule has 1 aliphatic rings. The van der Waals surface area contributed by atoms with Crippen molar-refractivity contribution in [1.82, 2.24) is 9.88 Å². The lowest BCUT2D eigenvalue weighted by Crippen LogP contribution is -2.37. The van der Waals surface area contributed by atoms with Gasteiger partial charge in [-0.2, -0.15) is 0 Å². The molecule has 98 valence electrons. The number of aromatic nitrogens is 1. The van der Waals surface area contributed by atoms with E-state index in [1.54, 1.807) is 17.0 Å². The van der Waals surface area contributed by atoms with Crippen molar-refractivity contribution >= 4 is 5.91 Å². The smallest absolute Gasteiger partial charge is 0.270 e. The SMILES string of the molecule is CN(C(=O)c1cccc(=O)[nH]1)C1CCCCCC1. The Hall–Kier alpha value is -1.58. The number of amides is 1. The number of rotatable bonds is 2. The molecule has 0 atom stereocenters. The summed E-state index contributed by atoms with van der Waals surface area (Å²) in [5.41, 5.74) is 0.157. The Morgan fingerprint density at radius 3 is 2.50 bits per heavy atom. The molecule has 0 saturated heterocycles. The Bertz CT molecular complexity index is 459. The number of carbonyl (C=O) groups excluding carboxylic acids is 1. The highest BCUT2D eigenvalue weighted by molar-refractivity contribution is 5.92. The topological polar surface area (TPSA) is 53.2 Å². The van der Waals surface area contributed by atoms with E-state index in [-0.39, 0.29) is 11.5 Å². The Kier molecular flexibility index (Phi) is 4.18. The van der Waals surface area contributed by atoms with Gasteiger partial charge in [-0.15, -0.1) is 0 Å². The van der Waals surface area contributed by atoms with E-state index in [1.165, 1.54) is 31.7 Å². The first kappa shape index (κ1) is 12.9. The van der Waals surface area contributed by atoms with Crippen molar-refractivity contribution in [3.63, 3.8) is 0 Å². The van der Waals surface area contributed by atoms with Gasteiger partial charge in [0.2, 0.25) is 5.56 Å². The Labute approximate surface area is 107 Å². The van der Waals surface area contributed by atoms with E-state index in [1.807, 2.05) is 7.05 Å². The van der Waals surface area contributed by atoms with Crippen LogP contribution in [0.4, 0.5) is 0 Å². The van der Waals surface area contributed by atoms with Gasteiger partial charge in [0.15, 0.2) is 0 Å². The molecule has 0 aromatic carbocycles.